The molecule has 100 heavy (non-hydrogen) atoms. The minimum atomic E-state index is -2.44. The molecule has 8 rings (SSSR count). The third kappa shape index (κ3) is 18.7. The molecule has 39 atom stereocenters. The number of aliphatic hydroxyl groups is 25. The van der Waals surface area contributed by atoms with Gasteiger partial charge in [-0.3, -0.25) is 0 Å². The first-order valence-corrected chi connectivity index (χ1v) is 32.9. The molecule has 0 radical (unpaired) electrons. The van der Waals surface area contributed by atoms with E-state index in [0.29, 0.717) is 0 Å². The third-order valence-electron chi connectivity index (χ3n) is 19.3. The Morgan fingerprint density at radius 2 is 0.770 bits per heavy atom. The molecule has 8 aliphatic rings. The Hall–Kier alpha value is -1.68. The summed E-state index contributed by atoms with van der Waals surface area (Å²) in [6.07, 6.45) is -74.8. The van der Waals surface area contributed by atoms with Crippen LogP contribution in [0, 0.1) is 0 Å². The van der Waals surface area contributed by atoms with Crippen LogP contribution in [0.2, 0.25) is 0 Å². The topological polar surface area (TPSA) is 663 Å². The van der Waals surface area contributed by atoms with Gasteiger partial charge in [-0.15, -0.1) is 0 Å². The lowest BCUT2D eigenvalue weighted by molar-refractivity contribution is -0.395. The fourth-order valence-corrected chi connectivity index (χ4v) is 12.8. The van der Waals surface area contributed by atoms with Gasteiger partial charge < -0.3 is 208 Å². The highest BCUT2D eigenvalue weighted by Gasteiger charge is 2.59. The number of ether oxygens (including phenoxy) is 17. The van der Waals surface area contributed by atoms with Gasteiger partial charge in [0.15, 0.2) is 44.0 Å². The zero-order valence-corrected chi connectivity index (χ0v) is 54.8. The van der Waals surface area contributed by atoms with Crippen molar-refractivity contribution in [3.8, 4) is 0 Å². The Balaban J connectivity index is 1.11. The van der Waals surface area contributed by atoms with Crippen molar-refractivity contribution in [1.82, 2.24) is 0 Å². The molecule has 0 bridgehead atoms. The predicted octanol–water partition coefficient (Wildman–Crippen LogP) is -15.4. The molecule has 0 saturated carbocycles. The summed E-state index contributed by atoms with van der Waals surface area (Å²) in [7, 11) is 0. The van der Waals surface area contributed by atoms with Crippen molar-refractivity contribution >= 4 is 0 Å². The molecule has 586 valence electrons. The average molecular weight is 1470 g/mol. The van der Waals surface area contributed by atoms with E-state index in [0.717, 1.165) is 0 Å². The zero-order chi connectivity index (χ0) is 73.7. The third-order valence-corrected chi connectivity index (χ3v) is 19.3. The summed E-state index contributed by atoms with van der Waals surface area (Å²) in [4.78, 5) is 0. The first-order valence-electron chi connectivity index (χ1n) is 32.9. The summed E-state index contributed by atoms with van der Waals surface area (Å²) >= 11 is 0. The second-order valence-electron chi connectivity index (χ2n) is 26.6. The fourth-order valence-electron chi connectivity index (χ4n) is 12.8. The molecule has 8 fully saturated rings. The van der Waals surface area contributed by atoms with Gasteiger partial charge in [0.2, 0.25) is 0 Å². The maximum atomic E-state index is 12.3. The van der Waals surface area contributed by atoms with E-state index in [1.165, 1.54) is 13.8 Å². The van der Waals surface area contributed by atoms with Crippen molar-refractivity contribution in [2.75, 3.05) is 72.7 Å². The van der Waals surface area contributed by atoms with E-state index in [2.05, 4.69) is 0 Å². The van der Waals surface area contributed by atoms with Crippen LogP contribution >= 0.6 is 0 Å². The molecule has 0 aromatic rings. The highest BCUT2D eigenvalue weighted by Crippen LogP contribution is 2.39. The van der Waals surface area contributed by atoms with Gasteiger partial charge in [-0.05, 0) is 26.7 Å². The van der Waals surface area contributed by atoms with Gasteiger partial charge in [0.25, 0.3) is 0 Å². The summed E-state index contributed by atoms with van der Waals surface area (Å²) in [5.74, 6) is 0. The standard InChI is InChI=1S/C58H102O42/c1-5-58(6-2,17-90-22(8-60)18(63)7-59)100-48-30(69)21(66)13-86-56(48)89-16-27-46(36(75)42(81)53(94-27)96-44-24(10-62)92-50(83)39(78)35(44)74)98-54-43(82)37(76)45(97-52-41(80)34(73)32(71)25(93-52)14-87-51-40(79)28(67)19(64)11-84-51)26(95-54)15-88-55-47(29(68)20(65)12-85-55)99-57(3,4)49-38(77)33(72)31(70)23(9-61)91-49/h18-56,59-83H,5-17H2,1-4H3/t18-,19-,20+,21-,22?,23?,24?,25?,26?,27?,28?,29?,30?,31+,32-,33?,34?,35?,36?,37?,38?,39?,40?,41?,42?,43?,44-,45-,46-,47?,48?,49-,50-,51-,52+,53+,54+,55+,56-/m1/s1. The largest absolute Gasteiger partial charge is 0.394 e. The van der Waals surface area contributed by atoms with Crippen LogP contribution in [0.1, 0.15) is 40.5 Å². The Labute approximate surface area is 570 Å². The summed E-state index contributed by atoms with van der Waals surface area (Å²) in [6.45, 7) is -2.50. The molecule has 0 aliphatic carbocycles. The van der Waals surface area contributed by atoms with E-state index in [9.17, 15) is 128 Å². The van der Waals surface area contributed by atoms with Crippen LogP contribution < -0.4 is 0 Å². The molecule has 42 nitrogen and oxygen atoms in total. The van der Waals surface area contributed by atoms with Crippen LogP contribution in [0.3, 0.4) is 0 Å². The van der Waals surface area contributed by atoms with Crippen molar-refractivity contribution < 1.29 is 208 Å². The minimum absolute atomic E-state index is 0.0889. The monoisotopic (exact) mass is 1470 g/mol. The second kappa shape index (κ2) is 36.5. The molecule has 8 heterocycles. The lowest BCUT2D eigenvalue weighted by atomic mass is 9.86. The Bertz CT molecular complexity index is 2410. The van der Waals surface area contributed by atoms with Gasteiger partial charge in [0, 0.05) is 0 Å². The van der Waals surface area contributed by atoms with E-state index in [-0.39, 0.29) is 12.8 Å². The summed E-state index contributed by atoms with van der Waals surface area (Å²) in [5.41, 5.74) is -3.31. The lowest BCUT2D eigenvalue weighted by Crippen LogP contribution is -2.68. The van der Waals surface area contributed by atoms with Crippen LogP contribution in [0.15, 0.2) is 0 Å². The minimum Gasteiger partial charge on any atom is -0.394 e. The van der Waals surface area contributed by atoms with Gasteiger partial charge in [-0.25, -0.2) is 0 Å². The van der Waals surface area contributed by atoms with Crippen LogP contribution in [0.4, 0.5) is 0 Å². The smallest absolute Gasteiger partial charge is 0.187 e. The van der Waals surface area contributed by atoms with Gasteiger partial charge in [-0.1, -0.05) is 13.8 Å². The second-order valence-corrected chi connectivity index (χ2v) is 26.6. The fraction of sp³-hybridized carbons (Fsp3) is 1.00. The van der Waals surface area contributed by atoms with E-state index < -0.39 is 323 Å². The SMILES string of the molecule is CCC(CC)(COC(CO)[C@H](O)CO)OC1C(O)[C@H](O)CO[C@@H]1OCC1O[C@@H](O[C@@H]2C(CO)O[C@@H](O)C(O)C2O)C(O)C(O)[C@@H]1O[C@@H]1OC(CO[C@@H]2OC[C@H](O)C(O)C2OC(C)(C)[C@@H]2OC(CO)[C@H](O)C(O)C2O)[C@@H](O[C@@H]2OC(CO[C@H]3OC[C@@H](O)C(O)C3O)[C@@H](O)C(O)C2O)C(O)C1O. The molecule has 0 aromatic heterocycles. The number of aliphatic hydroxyl groups excluding tert-OH is 25. The van der Waals surface area contributed by atoms with Gasteiger partial charge in [0.1, 0.15) is 195 Å². The Morgan fingerprint density at radius 3 is 1.25 bits per heavy atom. The highest BCUT2D eigenvalue weighted by molar-refractivity contribution is 5.03. The van der Waals surface area contributed by atoms with E-state index in [1.807, 2.05) is 0 Å². The predicted molar refractivity (Wildman–Crippen MR) is 313 cm³/mol. The quantitative estimate of drug-likeness (QED) is 0.0318. The molecule has 0 amide bonds. The van der Waals surface area contributed by atoms with Crippen LogP contribution in [0.25, 0.3) is 0 Å². The van der Waals surface area contributed by atoms with Crippen LogP contribution in [-0.2, 0) is 80.5 Å². The van der Waals surface area contributed by atoms with Crippen molar-refractivity contribution in [3.63, 3.8) is 0 Å². The molecule has 0 aromatic carbocycles. The molecule has 8 saturated heterocycles. The van der Waals surface area contributed by atoms with E-state index in [1.54, 1.807) is 13.8 Å². The molecule has 42 heteroatoms. The molecule has 22 unspecified atom stereocenters. The molecular weight excluding hydrogens is 1370 g/mol. The van der Waals surface area contributed by atoms with Crippen LogP contribution in [-0.4, -0.2) is 451 Å². The lowest BCUT2D eigenvalue weighted by Gasteiger charge is -2.50. The first-order chi connectivity index (χ1) is 47.2. The van der Waals surface area contributed by atoms with E-state index >= 15 is 0 Å². The summed E-state index contributed by atoms with van der Waals surface area (Å²) in [6, 6.07) is 0. The Kier molecular flexibility index (Phi) is 30.6. The van der Waals surface area contributed by atoms with Gasteiger partial charge in [0.05, 0.1) is 83.9 Å². The summed E-state index contributed by atoms with van der Waals surface area (Å²) < 4.78 is 100. The molecular formula is C58H102O42. The molecule has 0 spiro atoms. The Morgan fingerprint density at radius 1 is 0.370 bits per heavy atom. The van der Waals surface area contributed by atoms with Crippen LogP contribution in [0.5, 0.6) is 0 Å². The van der Waals surface area contributed by atoms with Crippen molar-refractivity contribution in [3.05, 3.63) is 0 Å². The first kappa shape index (κ1) is 84.0. The number of hydrogen-bond donors (Lipinski definition) is 25. The highest BCUT2D eigenvalue weighted by atomic mass is 16.8. The summed E-state index contributed by atoms with van der Waals surface area (Å²) in [5, 5.41) is 272. The van der Waals surface area contributed by atoms with Gasteiger partial charge in [-0.2, -0.15) is 0 Å². The maximum absolute atomic E-state index is 12.3. The van der Waals surface area contributed by atoms with Crippen molar-refractivity contribution in [2.24, 2.45) is 0 Å². The van der Waals surface area contributed by atoms with E-state index in [4.69, 9.17) is 80.5 Å². The normalized spacial score (nSPS) is 47.8. The molecule has 8 aliphatic heterocycles. The number of hydrogen-bond acceptors (Lipinski definition) is 42. The molecule has 25 N–H and O–H groups in total. The van der Waals surface area contributed by atoms with Gasteiger partial charge >= 0.3 is 0 Å². The average Bonchev–Trinajstić information content (AvgIpc) is 0.769. The van der Waals surface area contributed by atoms with Crippen molar-refractivity contribution in [2.45, 2.75) is 291 Å². The maximum Gasteiger partial charge on any atom is 0.187 e. The van der Waals surface area contributed by atoms with Crippen molar-refractivity contribution in [1.29, 1.82) is 0 Å². The zero-order valence-electron chi connectivity index (χ0n) is 54.8. The number of rotatable bonds is 30.